The van der Waals surface area contributed by atoms with Crippen LogP contribution in [0.25, 0.3) is 0 Å². The van der Waals surface area contributed by atoms with Gasteiger partial charge in [0.2, 0.25) is 5.91 Å². The summed E-state index contributed by atoms with van der Waals surface area (Å²) in [5.74, 6) is 2.86. The topological polar surface area (TPSA) is 42.0 Å². The highest BCUT2D eigenvalue weighted by Gasteiger charge is 2.23. The van der Waals surface area contributed by atoms with Crippen LogP contribution >= 0.6 is 0 Å². The maximum Gasteiger partial charge on any atom is 0.222 e. The van der Waals surface area contributed by atoms with Gasteiger partial charge in [0.15, 0.2) is 11.5 Å². The van der Waals surface area contributed by atoms with Crippen LogP contribution < -0.4 is 9.47 Å². The van der Waals surface area contributed by atoms with Crippen LogP contribution in [0.15, 0.2) is 18.2 Å². The molecule has 4 rings (SSSR count). The van der Waals surface area contributed by atoms with Gasteiger partial charge in [-0.05, 0) is 30.0 Å². The maximum atomic E-state index is 12.5. The normalized spacial score (nSPS) is 21.2. The van der Waals surface area contributed by atoms with Gasteiger partial charge in [0.05, 0.1) is 0 Å². The predicted molar refractivity (Wildman–Crippen MR) is 100 cm³/mol. The van der Waals surface area contributed by atoms with Crippen LogP contribution in [0.2, 0.25) is 0 Å². The molecule has 3 aliphatic rings. The Morgan fingerprint density at radius 2 is 1.73 bits per heavy atom. The lowest BCUT2D eigenvalue weighted by atomic mass is 10.0. The molecular formula is C21H30N2O3. The van der Waals surface area contributed by atoms with E-state index in [4.69, 9.17) is 9.47 Å². The molecule has 2 fully saturated rings. The quantitative estimate of drug-likeness (QED) is 0.811. The first-order valence-electron chi connectivity index (χ1n) is 10.2. The Kier molecular flexibility index (Phi) is 5.63. The van der Waals surface area contributed by atoms with E-state index in [9.17, 15) is 4.79 Å². The zero-order chi connectivity index (χ0) is 17.8. The Morgan fingerprint density at radius 1 is 1.00 bits per heavy atom. The van der Waals surface area contributed by atoms with Gasteiger partial charge >= 0.3 is 0 Å². The second-order valence-corrected chi connectivity index (χ2v) is 7.82. The Labute approximate surface area is 156 Å². The fourth-order valence-electron chi connectivity index (χ4n) is 4.38. The molecule has 1 aliphatic carbocycles. The smallest absolute Gasteiger partial charge is 0.222 e. The first-order chi connectivity index (χ1) is 12.8. The van der Waals surface area contributed by atoms with E-state index in [2.05, 4.69) is 21.9 Å². The van der Waals surface area contributed by atoms with Crippen molar-refractivity contribution in [1.82, 2.24) is 9.80 Å². The first-order valence-corrected chi connectivity index (χ1v) is 10.2. The van der Waals surface area contributed by atoms with Crippen LogP contribution in [-0.2, 0) is 11.3 Å². The van der Waals surface area contributed by atoms with Gasteiger partial charge in [-0.3, -0.25) is 9.69 Å². The fraction of sp³-hybridized carbons (Fsp3) is 0.667. The SMILES string of the molecule is O=C(CCC1CCCC1)N1CCN(Cc2ccc3c(c2)OCCO3)CC1. The number of carbonyl (C=O) groups is 1. The standard InChI is InChI=1S/C21H30N2O3/c24-21(8-6-17-3-1-2-4-17)23-11-9-22(10-12-23)16-18-5-7-19-20(15-18)26-14-13-25-19/h5,7,15,17H,1-4,6,8-14,16H2. The van der Waals surface area contributed by atoms with Crippen molar-refractivity contribution >= 4 is 5.91 Å². The lowest BCUT2D eigenvalue weighted by Gasteiger charge is -2.35. The number of amides is 1. The van der Waals surface area contributed by atoms with E-state index in [0.717, 1.165) is 63.0 Å². The summed E-state index contributed by atoms with van der Waals surface area (Å²) in [5, 5.41) is 0. The maximum absolute atomic E-state index is 12.5. The van der Waals surface area contributed by atoms with Gasteiger partial charge in [-0.2, -0.15) is 0 Å². The van der Waals surface area contributed by atoms with E-state index >= 15 is 0 Å². The van der Waals surface area contributed by atoms with Crippen LogP contribution in [0, 0.1) is 5.92 Å². The van der Waals surface area contributed by atoms with Crippen molar-refractivity contribution in [3.8, 4) is 11.5 Å². The summed E-state index contributed by atoms with van der Waals surface area (Å²) in [6, 6.07) is 6.22. The third kappa shape index (κ3) is 4.32. The molecule has 0 spiro atoms. The Balaban J connectivity index is 1.22. The molecule has 0 aromatic heterocycles. The minimum absolute atomic E-state index is 0.357. The number of carbonyl (C=O) groups excluding carboxylic acids is 1. The number of nitrogens with zero attached hydrogens (tertiary/aromatic N) is 2. The van der Waals surface area contributed by atoms with Crippen LogP contribution in [0.5, 0.6) is 11.5 Å². The average Bonchev–Trinajstić information content (AvgIpc) is 3.20. The summed E-state index contributed by atoms with van der Waals surface area (Å²) in [7, 11) is 0. The third-order valence-electron chi connectivity index (χ3n) is 5.98. The fourth-order valence-corrected chi connectivity index (χ4v) is 4.38. The van der Waals surface area contributed by atoms with Gasteiger partial charge in [-0.15, -0.1) is 0 Å². The molecule has 1 amide bonds. The zero-order valence-corrected chi connectivity index (χ0v) is 15.6. The van der Waals surface area contributed by atoms with E-state index in [-0.39, 0.29) is 0 Å². The molecule has 0 unspecified atom stereocenters. The summed E-state index contributed by atoms with van der Waals surface area (Å²) in [4.78, 5) is 16.9. The first kappa shape index (κ1) is 17.7. The number of hydrogen-bond acceptors (Lipinski definition) is 4. The van der Waals surface area contributed by atoms with Crippen molar-refractivity contribution in [3.63, 3.8) is 0 Å². The minimum Gasteiger partial charge on any atom is -0.486 e. The van der Waals surface area contributed by atoms with Gasteiger partial charge in [0, 0.05) is 39.1 Å². The Hall–Kier alpha value is -1.75. The number of hydrogen-bond donors (Lipinski definition) is 0. The Bertz CT molecular complexity index is 620. The van der Waals surface area contributed by atoms with E-state index in [1.54, 1.807) is 0 Å². The van der Waals surface area contributed by atoms with E-state index in [1.165, 1.54) is 31.2 Å². The molecule has 0 radical (unpaired) electrons. The predicted octanol–water partition coefficient (Wildman–Crippen LogP) is 3.07. The van der Waals surface area contributed by atoms with Crippen molar-refractivity contribution in [2.75, 3.05) is 39.4 Å². The van der Waals surface area contributed by atoms with E-state index in [1.807, 2.05) is 6.07 Å². The molecule has 26 heavy (non-hydrogen) atoms. The highest BCUT2D eigenvalue weighted by atomic mass is 16.6. The van der Waals surface area contributed by atoms with Crippen molar-refractivity contribution in [2.45, 2.75) is 45.1 Å². The van der Waals surface area contributed by atoms with Gasteiger partial charge in [-0.25, -0.2) is 0 Å². The second kappa shape index (κ2) is 8.30. The molecule has 2 aliphatic heterocycles. The number of ether oxygens (including phenoxy) is 2. The summed E-state index contributed by atoms with van der Waals surface area (Å²) in [6.07, 6.45) is 7.21. The van der Waals surface area contributed by atoms with E-state index < -0.39 is 0 Å². The zero-order valence-electron chi connectivity index (χ0n) is 15.6. The lowest BCUT2D eigenvalue weighted by molar-refractivity contribution is -0.133. The van der Waals surface area contributed by atoms with Gasteiger partial charge < -0.3 is 14.4 Å². The molecule has 142 valence electrons. The van der Waals surface area contributed by atoms with Crippen LogP contribution in [0.3, 0.4) is 0 Å². The highest BCUT2D eigenvalue weighted by molar-refractivity contribution is 5.76. The van der Waals surface area contributed by atoms with Crippen molar-refractivity contribution < 1.29 is 14.3 Å². The molecule has 1 aromatic carbocycles. The largest absolute Gasteiger partial charge is 0.486 e. The average molecular weight is 358 g/mol. The molecule has 1 saturated heterocycles. The number of piperazine rings is 1. The second-order valence-electron chi connectivity index (χ2n) is 7.82. The number of rotatable bonds is 5. The van der Waals surface area contributed by atoms with Crippen LogP contribution in [0.1, 0.15) is 44.1 Å². The van der Waals surface area contributed by atoms with Crippen LogP contribution in [0.4, 0.5) is 0 Å². The minimum atomic E-state index is 0.357. The summed E-state index contributed by atoms with van der Waals surface area (Å²) in [5.41, 5.74) is 1.25. The number of benzene rings is 1. The van der Waals surface area contributed by atoms with Crippen LogP contribution in [-0.4, -0.2) is 55.1 Å². The monoisotopic (exact) mass is 358 g/mol. The van der Waals surface area contributed by atoms with E-state index in [0.29, 0.717) is 19.1 Å². The lowest BCUT2D eigenvalue weighted by Crippen LogP contribution is -2.48. The molecule has 1 aromatic rings. The molecular weight excluding hydrogens is 328 g/mol. The summed E-state index contributed by atoms with van der Waals surface area (Å²) < 4.78 is 11.3. The van der Waals surface area contributed by atoms with Gasteiger partial charge in [0.1, 0.15) is 13.2 Å². The van der Waals surface area contributed by atoms with Crippen molar-refractivity contribution in [2.24, 2.45) is 5.92 Å². The molecule has 5 heteroatoms. The number of fused-ring (bicyclic) bond motifs is 1. The third-order valence-corrected chi connectivity index (χ3v) is 5.98. The highest BCUT2D eigenvalue weighted by Crippen LogP contribution is 2.31. The van der Waals surface area contributed by atoms with Gasteiger partial charge in [0.25, 0.3) is 0 Å². The van der Waals surface area contributed by atoms with Crippen molar-refractivity contribution in [1.29, 1.82) is 0 Å². The molecule has 5 nitrogen and oxygen atoms in total. The molecule has 0 N–H and O–H groups in total. The van der Waals surface area contributed by atoms with Crippen molar-refractivity contribution in [3.05, 3.63) is 23.8 Å². The Morgan fingerprint density at radius 3 is 2.50 bits per heavy atom. The molecule has 1 saturated carbocycles. The summed E-state index contributed by atoms with van der Waals surface area (Å²) in [6.45, 7) is 5.76. The molecule has 0 bridgehead atoms. The molecule has 0 atom stereocenters. The summed E-state index contributed by atoms with van der Waals surface area (Å²) >= 11 is 0. The van der Waals surface area contributed by atoms with Gasteiger partial charge in [-0.1, -0.05) is 31.7 Å². The molecule has 2 heterocycles.